The van der Waals surface area contributed by atoms with Crippen LogP contribution in [-0.2, 0) is 16.1 Å². The van der Waals surface area contributed by atoms with Gasteiger partial charge in [-0.25, -0.2) is 4.68 Å². The minimum atomic E-state index is -0.128. The lowest BCUT2D eigenvalue weighted by molar-refractivity contribution is -0.118. The zero-order valence-electron chi connectivity index (χ0n) is 18.9. The van der Waals surface area contributed by atoms with Gasteiger partial charge in [0.15, 0.2) is 0 Å². The molecular formula is C27H26N4O2S. The van der Waals surface area contributed by atoms with Crippen LogP contribution in [0.1, 0.15) is 11.1 Å². The van der Waals surface area contributed by atoms with E-state index in [0.717, 1.165) is 33.8 Å². The Hall–Kier alpha value is -3.84. The molecule has 0 spiro atoms. The molecule has 0 aliphatic carbocycles. The second kappa shape index (κ2) is 11.3. The van der Waals surface area contributed by atoms with Crippen molar-refractivity contribution in [3.8, 4) is 16.9 Å². The Morgan fingerprint density at radius 3 is 2.21 bits per heavy atom. The number of carbonyl (C=O) groups is 2. The van der Waals surface area contributed by atoms with Crippen molar-refractivity contribution in [3.05, 3.63) is 102 Å². The van der Waals surface area contributed by atoms with Gasteiger partial charge in [-0.15, -0.1) is 11.8 Å². The van der Waals surface area contributed by atoms with Crippen LogP contribution in [0.15, 0.2) is 91.1 Å². The fraction of sp³-hybridized carbons (Fsp3) is 0.148. The zero-order chi connectivity index (χ0) is 23.8. The van der Waals surface area contributed by atoms with Crippen LogP contribution in [0.4, 0.5) is 5.69 Å². The van der Waals surface area contributed by atoms with E-state index < -0.39 is 0 Å². The molecule has 0 aliphatic rings. The molecule has 4 aromatic rings. The molecule has 4 rings (SSSR count). The Morgan fingerprint density at radius 1 is 0.853 bits per heavy atom. The minimum Gasteiger partial charge on any atom is -0.351 e. The van der Waals surface area contributed by atoms with E-state index in [9.17, 15) is 9.59 Å². The molecule has 2 N–H and O–H groups in total. The van der Waals surface area contributed by atoms with E-state index in [4.69, 9.17) is 5.10 Å². The largest absolute Gasteiger partial charge is 0.351 e. The van der Waals surface area contributed by atoms with Crippen LogP contribution >= 0.6 is 11.8 Å². The van der Waals surface area contributed by atoms with E-state index in [1.807, 2.05) is 103 Å². The van der Waals surface area contributed by atoms with Crippen LogP contribution in [-0.4, -0.2) is 33.1 Å². The molecule has 0 bridgehead atoms. The molecule has 1 heterocycles. The van der Waals surface area contributed by atoms with Crippen molar-refractivity contribution in [2.75, 3.05) is 16.8 Å². The number of nitrogens with one attached hydrogen (secondary N) is 2. The number of benzene rings is 3. The first-order chi connectivity index (χ1) is 16.6. The van der Waals surface area contributed by atoms with Crippen LogP contribution in [0.2, 0.25) is 0 Å². The van der Waals surface area contributed by atoms with Gasteiger partial charge in [-0.05, 0) is 31.2 Å². The van der Waals surface area contributed by atoms with Gasteiger partial charge in [0.2, 0.25) is 11.8 Å². The molecule has 3 aromatic carbocycles. The number of nitrogens with zero attached hydrogens (tertiary/aromatic N) is 2. The standard InChI is InChI=1S/C27H26N4O2S/c1-20-12-14-23(15-13-20)29-26(33)19-34-18-25(32)28-16-22-17-31(24-10-6-3-7-11-24)30-27(22)21-8-4-2-5-9-21/h2-15,17H,16,18-19H2,1H3,(H,28,32)(H,29,33). The zero-order valence-corrected chi connectivity index (χ0v) is 19.7. The molecule has 34 heavy (non-hydrogen) atoms. The number of carbonyl (C=O) groups excluding carboxylic acids is 2. The first kappa shape index (κ1) is 23.3. The van der Waals surface area contributed by atoms with Crippen molar-refractivity contribution in [3.63, 3.8) is 0 Å². The first-order valence-electron chi connectivity index (χ1n) is 11.0. The van der Waals surface area contributed by atoms with Gasteiger partial charge in [-0.1, -0.05) is 66.2 Å². The molecule has 0 saturated heterocycles. The molecule has 6 nitrogen and oxygen atoms in total. The maximum Gasteiger partial charge on any atom is 0.234 e. The van der Waals surface area contributed by atoms with Crippen molar-refractivity contribution in [1.29, 1.82) is 0 Å². The summed E-state index contributed by atoms with van der Waals surface area (Å²) in [7, 11) is 0. The number of aryl methyl sites for hydroxylation is 1. The van der Waals surface area contributed by atoms with Crippen LogP contribution in [0.5, 0.6) is 0 Å². The van der Waals surface area contributed by atoms with Gasteiger partial charge in [0.25, 0.3) is 0 Å². The molecule has 0 atom stereocenters. The van der Waals surface area contributed by atoms with E-state index >= 15 is 0 Å². The molecule has 0 saturated carbocycles. The minimum absolute atomic E-state index is 0.125. The highest BCUT2D eigenvalue weighted by Gasteiger charge is 2.13. The second-order valence-corrected chi connectivity index (χ2v) is 8.82. The molecule has 0 fully saturated rings. The third kappa shape index (κ3) is 6.36. The van der Waals surface area contributed by atoms with Gasteiger partial charge in [-0.3, -0.25) is 9.59 Å². The van der Waals surface area contributed by atoms with Gasteiger partial charge in [0.05, 0.1) is 22.9 Å². The lowest BCUT2D eigenvalue weighted by atomic mass is 10.1. The predicted octanol–water partition coefficient (Wildman–Crippen LogP) is 4.84. The summed E-state index contributed by atoms with van der Waals surface area (Å²) in [5.41, 5.74) is 5.58. The van der Waals surface area contributed by atoms with Crippen LogP contribution in [0, 0.1) is 6.92 Å². The summed E-state index contributed by atoms with van der Waals surface area (Å²) in [4.78, 5) is 24.5. The maximum atomic E-state index is 12.4. The van der Waals surface area contributed by atoms with Gasteiger partial charge in [-0.2, -0.15) is 5.10 Å². The van der Waals surface area contributed by atoms with Crippen molar-refractivity contribution >= 4 is 29.3 Å². The molecule has 0 aliphatic heterocycles. The average Bonchev–Trinajstić information content (AvgIpc) is 3.30. The molecule has 0 unspecified atom stereocenters. The van der Waals surface area contributed by atoms with E-state index in [-0.39, 0.29) is 23.3 Å². The summed E-state index contributed by atoms with van der Waals surface area (Å²) in [5, 5.41) is 10.6. The second-order valence-electron chi connectivity index (χ2n) is 7.83. The number of rotatable bonds is 9. The Kier molecular flexibility index (Phi) is 7.78. The topological polar surface area (TPSA) is 76.0 Å². The lowest BCUT2D eigenvalue weighted by Gasteiger charge is -2.07. The number of aromatic nitrogens is 2. The highest BCUT2D eigenvalue weighted by atomic mass is 32.2. The number of thioether (sulfide) groups is 1. The van der Waals surface area contributed by atoms with Gasteiger partial charge in [0.1, 0.15) is 0 Å². The number of para-hydroxylation sites is 1. The highest BCUT2D eigenvalue weighted by Crippen LogP contribution is 2.23. The van der Waals surface area contributed by atoms with Crippen molar-refractivity contribution in [2.24, 2.45) is 0 Å². The lowest BCUT2D eigenvalue weighted by Crippen LogP contribution is -2.25. The fourth-order valence-corrected chi connectivity index (χ4v) is 4.05. The summed E-state index contributed by atoms with van der Waals surface area (Å²) in [6, 6.07) is 27.4. The van der Waals surface area contributed by atoms with E-state index in [2.05, 4.69) is 10.6 Å². The van der Waals surface area contributed by atoms with Crippen molar-refractivity contribution < 1.29 is 9.59 Å². The summed E-state index contributed by atoms with van der Waals surface area (Å²) in [6.07, 6.45) is 1.94. The quantitative estimate of drug-likeness (QED) is 0.367. The molecular weight excluding hydrogens is 444 g/mol. The fourth-order valence-electron chi connectivity index (χ4n) is 3.41. The predicted molar refractivity (Wildman–Crippen MR) is 138 cm³/mol. The van der Waals surface area contributed by atoms with E-state index in [1.54, 1.807) is 0 Å². The summed E-state index contributed by atoms with van der Waals surface area (Å²) in [5.74, 6) is 0.161. The third-order valence-corrected chi connectivity index (χ3v) is 6.07. The average molecular weight is 471 g/mol. The molecule has 2 amide bonds. The monoisotopic (exact) mass is 470 g/mol. The summed E-state index contributed by atoms with van der Waals surface area (Å²) in [6.45, 7) is 2.35. The van der Waals surface area contributed by atoms with Gasteiger partial charge in [0, 0.05) is 29.6 Å². The Labute approximate surface area is 203 Å². The van der Waals surface area contributed by atoms with Crippen molar-refractivity contribution in [1.82, 2.24) is 15.1 Å². The number of anilines is 1. The summed E-state index contributed by atoms with van der Waals surface area (Å²) < 4.78 is 1.83. The number of hydrogen-bond acceptors (Lipinski definition) is 4. The molecule has 172 valence electrons. The Morgan fingerprint density at radius 2 is 1.50 bits per heavy atom. The van der Waals surface area contributed by atoms with Crippen molar-refractivity contribution in [2.45, 2.75) is 13.5 Å². The van der Waals surface area contributed by atoms with Crippen LogP contribution in [0.25, 0.3) is 16.9 Å². The van der Waals surface area contributed by atoms with Gasteiger partial charge >= 0.3 is 0 Å². The van der Waals surface area contributed by atoms with E-state index in [0.29, 0.717) is 6.54 Å². The number of amides is 2. The Bertz CT molecular complexity index is 1240. The van der Waals surface area contributed by atoms with Gasteiger partial charge < -0.3 is 10.6 Å². The number of hydrogen-bond donors (Lipinski definition) is 2. The maximum absolute atomic E-state index is 12.4. The van der Waals surface area contributed by atoms with E-state index in [1.165, 1.54) is 11.8 Å². The smallest absolute Gasteiger partial charge is 0.234 e. The SMILES string of the molecule is Cc1ccc(NC(=O)CSCC(=O)NCc2cn(-c3ccccc3)nc2-c2ccccc2)cc1. The Balaban J connectivity index is 1.33. The summed E-state index contributed by atoms with van der Waals surface area (Å²) >= 11 is 1.28. The molecule has 1 aromatic heterocycles. The first-order valence-corrected chi connectivity index (χ1v) is 12.1. The molecule has 0 radical (unpaired) electrons. The normalized spacial score (nSPS) is 10.6. The van der Waals surface area contributed by atoms with Crippen LogP contribution < -0.4 is 10.6 Å². The third-order valence-electron chi connectivity index (χ3n) is 5.14. The highest BCUT2D eigenvalue weighted by molar-refractivity contribution is 8.00. The molecule has 7 heteroatoms. The van der Waals surface area contributed by atoms with Crippen LogP contribution in [0.3, 0.4) is 0 Å².